The molecule has 0 saturated carbocycles. The highest BCUT2D eigenvalue weighted by atomic mass is 19.1. The topological polar surface area (TPSA) is 9.23 Å². The molecule has 3 aromatic carbocycles. The Morgan fingerprint density at radius 2 is 1.00 bits per heavy atom. The van der Waals surface area contributed by atoms with Crippen LogP contribution >= 0.6 is 0 Å². The van der Waals surface area contributed by atoms with Gasteiger partial charge in [0.25, 0.3) is 0 Å². The molecule has 0 fully saturated rings. The average Bonchev–Trinajstić information content (AvgIpc) is 2.55. The number of benzene rings is 3. The van der Waals surface area contributed by atoms with Gasteiger partial charge < -0.3 is 4.74 Å². The van der Waals surface area contributed by atoms with Crippen LogP contribution in [0.4, 0.5) is 8.78 Å². The van der Waals surface area contributed by atoms with Crippen LogP contribution in [0.3, 0.4) is 0 Å². The van der Waals surface area contributed by atoms with Crippen LogP contribution in [0.15, 0.2) is 66.7 Å². The molecule has 3 heteroatoms. The van der Waals surface area contributed by atoms with Gasteiger partial charge in [-0.1, -0.05) is 24.3 Å². The Morgan fingerprint density at radius 1 is 0.591 bits per heavy atom. The van der Waals surface area contributed by atoms with Gasteiger partial charge in [0.2, 0.25) is 0 Å². The summed E-state index contributed by atoms with van der Waals surface area (Å²) >= 11 is 0. The summed E-state index contributed by atoms with van der Waals surface area (Å²) in [5.74, 6) is 0.150. The molecular weight excluding hydrogens is 282 g/mol. The minimum absolute atomic E-state index is 0.273. The quantitative estimate of drug-likeness (QED) is 0.636. The smallest absolute Gasteiger partial charge is 0.123 e. The maximum atomic E-state index is 13.1. The van der Waals surface area contributed by atoms with Crippen molar-refractivity contribution in [1.29, 1.82) is 0 Å². The number of methoxy groups -OCH3 is 1. The van der Waals surface area contributed by atoms with Crippen molar-refractivity contribution in [2.24, 2.45) is 0 Å². The lowest BCUT2D eigenvalue weighted by Gasteiger charge is -2.10. The van der Waals surface area contributed by atoms with Gasteiger partial charge in [0, 0.05) is 0 Å². The van der Waals surface area contributed by atoms with E-state index in [-0.39, 0.29) is 11.6 Å². The van der Waals surface area contributed by atoms with Gasteiger partial charge in [0.05, 0.1) is 7.11 Å². The lowest BCUT2D eigenvalue weighted by atomic mass is 9.98. The van der Waals surface area contributed by atoms with Crippen molar-refractivity contribution in [1.82, 2.24) is 0 Å². The predicted octanol–water partition coefficient (Wildman–Crippen LogP) is 5.31. The highest BCUT2D eigenvalue weighted by molar-refractivity contribution is 5.75. The molecule has 0 radical (unpaired) electrons. The SMILES string of the molecule is COc1cc(-c2ccc(F)cc2)cc(-c2ccc(F)cc2)c1. The monoisotopic (exact) mass is 296 g/mol. The Labute approximate surface area is 127 Å². The molecule has 0 bridgehead atoms. The first kappa shape index (κ1) is 14.3. The highest BCUT2D eigenvalue weighted by Crippen LogP contribution is 2.31. The van der Waals surface area contributed by atoms with Gasteiger partial charge in [0.15, 0.2) is 0 Å². The van der Waals surface area contributed by atoms with E-state index < -0.39 is 0 Å². The van der Waals surface area contributed by atoms with Gasteiger partial charge in [-0.05, 0) is 64.7 Å². The Hall–Kier alpha value is -2.68. The Kier molecular flexibility index (Phi) is 3.88. The van der Waals surface area contributed by atoms with E-state index in [2.05, 4.69) is 0 Å². The van der Waals surface area contributed by atoms with E-state index in [4.69, 9.17) is 4.74 Å². The molecule has 0 aliphatic rings. The summed E-state index contributed by atoms with van der Waals surface area (Å²) in [5.41, 5.74) is 3.62. The summed E-state index contributed by atoms with van der Waals surface area (Å²) in [7, 11) is 1.60. The third-order valence-corrected chi connectivity index (χ3v) is 3.50. The molecule has 22 heavy (non-hydrogen) atoms. The van der Waals surface area contributed by atoms with Crippen LogP contribution in [0.1, 0.15) is 0 Å². The van der Waals surface area contributed by atoms with Crippen molar-refractivity contribution < 1.29 is 13.5 Å². The molecule has 0 amide bonds. The maximum absolute atomic E-state index is 13.1. The van der Waals surface area contributed by atoms with Crippen LogP contribution < -0.4 is 4.74 Å². The van der Waals surface area contributed by atoms with Crippen molar-refractivity contribution in [2.75, 3.05) is 7.11 Å². The van der Waals surface area contributed by atoms with Gasteiger partial charge in [-0.3, -0.25) is 0 Å². The van der Waals surface area contributed by atoms with E-state index in [1.165, 1.54) is 24.3 Å². The Morgan fingerprint density at radius 3 is 1.36 bits per heavy atom. The number of ether oxygens (including phenoxy) is 1. The van der Waals surface area contributed by atoms with Gasteiger partial charge in [-0.2, -0.15) is 0 Å². The standard InChI is InChI=1S/C19H14F2O/c1-22-19-11-15(13-2-6-17(20)7-3-13)10-16(12-19)14-4-8-18(21)9-5-14/h2-12H,1H3. The lowest BCUT2D eigenvalue weighted by molar-refractivity contribution is 0.415. The second kappa shape index (κ2) is 5.98. The van der Waals surface area contributed by atoms with Crippen molar-refractivity contribution >= 4 is 0 Å². The normalized spacial score (nSPS) is 10.5. The van der Waals surface area contributed by atoms with Crippen molar-refractivity contribution in [3.63, 3.8) is 0 Å². The third kappa shape index (κ3) is 2.98. The highest BCUT2D eigenvalue weighted by Gasteiger charge is 2.06. The van der Waals surface area contributed by atoms with Gasteiger partial charge in [0.1, 0.15) is 17.4 Å². The van der Waals surface area contributed by atoms with Crippen LogP contribution in [0, 0.1) is 11.6 Å². The minimum Gasteiger partial charge on any atom is -0.497 e. The summed E-state index contributed by atoms with van der Waals surface area (Å²) in [6.07, 6.45) is 0. The lowest BCUT2D eigenvalue weighted by Crippen LogP contribution is -1.88. The van der Waals surface area contributed by atoms with Crippen LogP contribution in [-0.4, -0.2) is 7.11 Å². The first-order chi connectivity index (χ1) is 10.7. The molecular formula is C19H14F2O. The molecule has 3 rings (SSSR count). The van der Waals surface area contributed by atoms with Crippen LogP contribution in [0.25, 0.3) is 22.3 Å². The molecule has 3 aromatic rings. The minimum atomic E-state index is -0.273. The first-order valence-corrected chi connectivity index (χ1v) is 6.87. The Balaban J connectivity index is 2.10. The molecule has 0 aliphatic carbocycles. The summed E-state index contributed by atoms with van der Waals surface area (Å²) in [6, 6.07) is 18.3. The molecule has 0 spiro atoms. The zero-order valence-corrected chi connectivity index (χ0v) is 12.0. The fraction of sp³-hybridized carbons (Fsp3) is 0.0526. The van der Waals surface area contributed by atoms with Gasteiger partial charge >= 0.3 is 0 Å². The fourth-order valence-electron chi connectivity index (χ4n) is 2.33. The van der Waals surface area contributed by atoms with Gasteiger partial charge in [-0.25, -0.2) is 8.78 Å². The second-order valence-electron chi connectivity index (χ2n) is 4.96. The van der Waals surface area contributed by atoms with Crippen LogP contribution in [0.2, 0.25) is 0 Å². The second-order valence-corrected chi connectivity index (χ2v) is 4.96. The van der Waals surface area contributed by atoms with E-state index in [1.807, 2.05) is 18.2 Å². The third-order valence-electron chi connectivity index (χ3n) is 3.50. The van der Waals surface area contributed by atoms with Gasteiger partial charge in [-0.15, -0.1) is 0 Å². The summed E-state index contributed by atoms with van der Waals surface area (Å²) < 4.78 is 31.5. The van der Waals surface area contributed by atoms with E-state index in [9.17, 15) is 8.78 Å². The Bertz CT molecular complexity index is 714. The van der Waals surface area contributed by atoms with E-state index in [1.54, 1.807) is 31.4 Å². The van der Waals surface area contributed by atoms with E-state index >= 15 is 0 Å². The summed E-state index contributed by atoms with van der Waals surface area (Å²) in [6.45, 7) is 0. The number of rotatable bonds is 3. The van der Waals surface area contributed by atoms with Crippen LogP contribution in [-0.2, 0) is 0 Å². The van der Waals surface area contributed by atoms with Crippen LogP contribution in [0.5, 0.6) is 5.75 Å². The maximum Gasteiger partial charge on any atom is 0.123 e. The molecule has 0 aromatic heterocycles. The largest absolute Gasteiger partial charge is 0.497 e. The van der Waals surface area contributed by atoms with E-state index in [0.717, 1.165) is 22.3 Å². The first-order valence-electron chi connectivity index (χ1n) is 6.87. The molecule has 110 valence electrons. The number of halogens is 2. The molecule has 0 atom stereocenters. The van der Waals surface area contributed by atoms with Crippen molar-refractivity contribution in [3.05, 3.63) is 78.4 Å². The van der Waals surface area contributed by atoms with E-state index in [0.29, 0.717) is 5.75 Å². The predicted molar refractivity (Wildman–Crippen MR) is 83.8 cm³/mol. The molecule has 0 unspecified atom stereocenters. The number of hydrogen-bond donors (Lipinski definition) is 0. The molecule has 0 saturated heterocycles. The molecule has 0 aliphatic heterocycles. The molecule has 1 nitrogen and oxygen atoms in total. The average molecular weight is 296 g/mol. The van der Waals surface area contributed by atoms with Crippen molar-refractivity contribution in [3.8, 4) is 28.0 Å². The summed E-state index contributed by atoms with van der Waals surface area (Å²) in [5, 5.41) is 0. The zero-order valence-electron chi connectivity index (χ0n) is 12.0. The fourth-order valence-corrected chi connectivity index (χ4v) is 2.33. The van der Waals surface area contributed by atoms with Crippen molar-refractivity contribution in [2.45, 2.75) is 0 Å². The zero-order chi connectivity index (χ0) is 15.5. The summed E-state index contributed by atoms with van der Waals surface area (Å²) in [4.78, 5) is 0. The molecule has 0 heterocycles. The number of hydrogen-bond acceptors (Lipinski definition) is 1. The molecule has 0 N–H and O–H groups in total.